The number of nitrogens with one attached hydrogen (secondary N) is 2. The number of hydrogen-bond acceptors (Lipinski definition) is 3. The Kier molecular flexibility index (Phi) is 5.20. The zero-order valence-corrected chi connectivity index (χ0v) is 14.8. The van der Waals surface area contributed by atoms with Gasteiger partial charge in [-0.25, -0.2) is 0 Å². The number of anilines is 1. The summed E-state index contributed by atoms with van der Waals surface area (Å²) in [6, 6.07) is 14.3. The van der Waals surface area contributed by atoms with E-state index in [9.17, 15) is 0 Å². The largest absolute Gasteiger partial charge is 0.486 e. The van der Waals surface area contributed by atoms with Crippen LogP contribution in [0.15, 0.2) is 42.5 Å². The minimum Gasteiger partial charge on any atom is -0.486 e. The summed E-state index contributed by atoms with van der Waals surface area (Å²) < 4.78 is 11.2. The molecule has 1 aliphatic rings. The second-order valence-electron chi connectivity index (χ2n) is 5.77. The molecule has 0 spiro atoms. The second kappa shape index (κ2) is 7.53. The van der Waals surface area contributed by atoms with Crippen LogP contribution in [0.5, 0.6) is 11.5 Å². The second-order valence-corrected chi connectivity index (χ2v) is 6.18. The van der Waals surface area contributed by atoms with Crippen molar-refractivity contribution in [3.63, 3.8) is 0 Å². The number of ether oxygens (including phenoxy) is 2. The fourth-order valence-corrected chi connectivity index (χ4v) is 2.89. The standard InChI is InChI=1S/C19H22N2O2S/c1-3-14-4-7-16(8-5-14)21-19(24)20-13(2)15-6-9-17-18(12-15)23-11-10-22-17/h4-9,12-13H,3,10-11H2,1-2H3,(H2,20,21,24)/t13-/m1/s1. The van der Waals surface area contributed by atoms with Gasteiger partial charge >= 0.3 is 0 Å². The summed E-state index contributed by atoms with van der Waals surface area (Å²) in [7, 11) is 0. The quantitative estimate of drug-likeness (QED) is 0.820. The van der Waals surface area contributed by atoms with Crippen LogP contribution in [0.1, 0.15) is 31.0 Å². The monoisotopic (exact) mass is 342 g/mol. The first-order valence-corrected chi connectivity index (χ1v) is 8.62. The molecule has 126 valence electrons. The highest BCUT2D eigenvalue weighted by atomic mass is 32.1. The van der Waals surface area contributed by atoms with Crippen molar-refractivity contribution >= 4 is 23.0 Å². The van der Waals surface area contributed by atoms with Gasteiger partial charge in [-0.1, -0.05) is 25.1 Å². The molecule has 0 fully saturated rings. The Balaban J connectivity index is 1.61. The minimum atomic E-state index is 0.0655. The van der Waals surface area contributed by atoms with Crippen LogP contribution in [-0.2, 0) is 6.42 Å². The highest BCUT2D eigenvalue weighted by molar-refractivity contribution is 7.80. The van der Waals surface area contributed by atoms with Crippen molar-refractivity contribution in [1.29, 1.82) is 0 Å². The zero-order valence-electron chi connectivity index (χ0n) is 14.0. The molecule has 2 aromatic rings. The van der Waals surface area contributed by atoms with Gasteiger partial charge in [0.1, 0.15) is 13.2 Å². The lowest BCUT2D eigenvalue weighted by atomic mass is 10.1. The Morgan fingerprint density at radius 3 is 2.50 bits per heavy atom. The fourth-order valence-electron chi connectivity index (χ4n) is 2.60. The van der Waals surface area contributed by atoms with Crippen LogP contribution in [0.3, 0.4) is 0 Å². The van der Waals surface area contributed by atoms with E-state index < -0.39 is 0 Å². The van der Waals surface area contributed by atoms with Crippen LogP contribution >= 0.6 is 12.2 Å². The van der Waals surface area contributed by atoms with Gasteiger partial charge in [-0.2, -0.15) is 0 Å². The molecule has 2 N–H and O–H groups in total. The van der Waals surface area contributed by atoms with E-state index in [1.807, 2.05) is 30.3 Å². The minimum absolute atomic E-state index is 0.0655. The third-order valence-electron chi connectivity index (χ3n) is 4.03. The van der Waals surface area contributed by atoms with E-state index in [-0.39, 0.29) is 6.04 Å². The average molecular weight is 342 g/mol. The summed E-state index contributed by atoms with van der Waals surface area (Å²) >= 11 is 5.42. The third kappa shape index (κ3) is 3.97. The number of hydrogen-bond donors (Lipinski definition) is 2. The van der Waals surface area contributed by atoms with Crippen LogP contribution in [0.4, 0.5) is 5.69 Å². The molecule has 0 unspecified atom stereocenters. The molecular formula is C19H22N2O2S. The van der Waals surface area contributed by atoms with Gasteiger partial charge in [0.15, 0.2) is 16.6 Å². The molecule has 0 saturated carbocycles. The van der Waals surface area contributed by atoms with E-state index in [2.05, 4.69) is 36.6 Å². The van der Waals surface area contributed by atoms with Crippen LogP contribution in [0.25, 0.3) is 0 Å². The Labute approximate surface area is 148 Å². The van der Waals surface area contributed by atoms with E-state index in [0.29, 0.717) is 18.3 Å². The molecule has 0 bridgehead atoms. The lowest BCUT2D eigenvalue weighted by Gasteiger charge is -2.22. The highest BCUT2D eigenvalue weighted by Crippen LogP contribution is 2.32. The molecule has 1 atom stereocenters. The number of benzene rings is 2. The summed E-state index contributed by atoms with van der Waals surface area (Å²) in [6.45, 7) is 5.40. The first kappa shape index (κ1) is 16.6. The third-order valence-corrected chi connectivity index (χ3v) is 4.25. The van der Waals surface area contributed by atoms with Crippen molar-refractivity contribution in [3.05, 3.63) is 53.6 Å². The molecule has 1 heterocycles. The van der Waals surface area contributed by atoms with E-state index in [4.69, 9.17) is 21.7 Å². The average Bonchev–Trinajstić information content (AvgIpc) is 2.61. The molecule has 5 heteroatoms. The van der Waals surface area contributed by atoms with Gasteiger partial charge in [0.05, 0.1) is 6.04 Å². The summed E-state index contributed by atoms with van der Waals surface area (Å²) in [6.07, 6.45) is 1.03. The maximum absolute atomic E-state index is 5.64. The molecule has 0 aromatic heterocycles. The normalized spacial score (nSPS) is 13.9. The van der Waals surface area contributed by atoms with Crippen LogP contribution in [-0.4, -0.2) is 18.3 Å². The Morgan fingerprint density at radius 1 is 1.08 bits per heavy atom. The first-order valence-electron chi connectivity index (χ1n) is 8.21. The molecule has 4 nitrogen and oxygen atoms in total. The van der Waals surface area contributed by atoms with E-state index >= 15 is 0 Å². The van der Waals surface area contributed by atoms with Gasteiger partial charge < -0.3 is 20.1 Å². The van der Waals surface area contributed by atoms with Crippen LogP contribution < -0.4 is 20.1 Å². The molecule has 0 saturated heterocycles. The summed E-state index contributed by atoms with van der Waals surface area (Å²) in [5, 5.41) is 7.12. The lowest BCUT2D eigenvalue weighted by molar-refractivity contribution is 0.171. The maximum Gasteiger partial charge on any atom is 0.171 e. The van der Waals surface area contributed by atoms with Gasteiger partial charge in [0.2, 0.25) is 0 Å². The lowest BCUT2D eigenvalue weighted by Crippen LogP contribution is -2.31. The van der Waals surface area contributed by atoms with Crippen molar-refractivity contribution < 1.29 is 9.47 Å². The van der Waals surface area contributed by atoms with Gasteiger partial charge in [0.25, 0.3) is 0 Å². The molecule has 24 heavy (non-hydrogen) atoms. The summed E-state index contributed by atoms with van der Waals surface area (Å²) in [5.74, 6) is 1.59. The van der Waals surface area contributed by atoms with Crippen molar-refractivity contribution in [2.24, 2.45) is 0 Å². The summed E-state index contributed by atoms with van der Waals surface area (Å²) in [4.78, 5) is 0. The van der Waals surface area contributed by atoms with Crippen LogP contribution in [0.2, 0.25) is 0 Å². The smallest absolute Gasteiger partial charge is 0.171 e. The van der Waals surface area contributed by atoms with E-state index in [1.165, 1.54) is 5.56 Å². The first-order chi connectivity index (χ1) is 11.7. The Morgan fingerprint density at radius 2 is 1.79 bits per heavy atom. The molecule has 0 radical (unpaired) electrons. The topological polar surface area (TPSA) is 42.5 Å². The molecule has 0 amide bonds. The molecule has 3 rings (SSSR count). The predicted molar refractivity (Wildman–Crippen MR) is 101 cm³/mol. The number of aryl methyl sites for hydroxylation is 1. The van der Waals surface area contributed by atoms with Gasteiger partial charge in [0, 0.05) is 5.69 Å². The highest BCUT2D eigenvalue weighted by Gasteiger charge is 2.15. The van der Waals surface area contributed by atoms with Crippen molar-refractivity contribution in [2.45, 2.75) is 26.3 Å². The van der Waals surface area contributed by atoms with E-state index in [1.54, 1.807) is 0 Å². The number of thiocarbonyl (C=S) groups is 1. The van der Waals surface area contributed by atoms with Crippen molar-refractivity contribution in [2.75, 3.05) is 18.5 Å². The molecular weight excluding hydrogens is 320 g/mol. The number of rotatable bonds is 4. The van der Waals surface area contributed by atoms with Gasteiger partial charge in [-0.3, -0.25) is 0 Å². The van der Waals surface area contributed by atoms with Crippen LogP contribution in [0, 0.1) is 0 Å². The van der Waals surface area contributed by atoms with Crippen molar-refractivity contribution in [3.8, 4) is 11.5 Å². The molecule has 2 aromatic carbocycles. The molecule has 0 aliphatic carbocycles. The Bertz CT molecular complexity index is 716. The van der Waals surface area contributed by atoms with Gasteiger partial charge in [-0.15, -0.1) is 0 Å². The summed E-state index contributed by atoms with van der Waals surface area (Å²) in [5.41, 5.74) is 3.40. The Hall–Kier alpha value is -2.27. The van der Waals surface area contributed by atoms with Crippen molar-refractivity contribution in [1.82, 2.24) is 5.32 Å². The SMILES string of the molecule is CCc1ccc(NC(=S)N[C@H](C)c2ccc3c(c2)OCCO3)cc1. The predicted octanol–water partition coefficient (Wildman–Crippen LogP) is 4.07. The zero-order chi connectivity index (χ0) is 16.9. The van der Waals surface area contributed by atoms with E-state index in [0.717, 1.165) is 29.2 Å². The molecule has 1 aliphatic heterocycles. The van der Waals surface area contributed by atoms with Gasteiger partial charge in [-0.05, 0) is 61.0 Å². The maximum atomic E-state index is 5.64. The fraction of sp³-hybridized carbons (Fsp3) is 0.316. The number of fused-ring (bicyclic) bond motifs is 1.